The van der Waals surface area contributed by atoms with Crippen LogP contribution in [-0.2, 0) is 4.79 Å². The molecule has 4 saturated carbocycles. The van der Waals surface area contributed by atoms with Crippen molar-refractivity contribution in [1.29, 1.82) is 0 Å². The number of para-hydroxylation sites is 1. The summed E-state index contributed by atoms with van der Waals surface area (Å²) in [4.78, 5) is 29.7. The molecule has 1 heterocycles. The monoisotopic (exact) mass is 349 g/mol. The summed E-state index contributed by atoms with van der Waals surface area (Å²) in [6.07, 6.45) is 6.82. The van der Waals surface area contributed by atoms with Crippen molar-refractivity contribution in [2.24, 2.45) is 23.2 Å². The highest BCUT2D eigenvalue weighted by molar-refractivity contribution is 5.96. The summed E-state index contributed by atoms with van der Waals surface area (Å²) < 4.78 is 0. The van der Waals surface area contributed by atoms with Gasteiger partial charge in [0.25, 0.3) is 5.91 Å². The molecule has 0 unspecified atom stereocenters. The molecule has 1 aromatic carbocycles. The Morgan fingerprint density at radius 2 is 1.54 bits per heavy atom. The summed E-state index contributed by atoms with van der Waals surface area (Å²) in [5, 5.41) is 0.988. The summed E-state index contributed by atoms with van der Waals surface area (Å²) in [5.41, 5.74) is 6.12. The van der Waals surface area contributed by atoms with Crippen molar-refractivity contribution < 1.29 is 9.59 Å². The second-order valence-electron chi connectivity index (χ2n) is 8.50. The van der Waals surface area contributed by atoms with Gasteiger partial charge in [-0.15, -0.1) is 0 Å². The fraction of sp³-hybridized carbons (Fsp3) is 0.476. The molecule has 134 valence electrons. The first kappa shape index (κ1) is 15.8. The maximum absolute atomic E-state index is 12.9. The maximum atomic E-state index is 12.9. The van der Waals surface area contributed by atoms with Gasteiger partial charge in [0.05, 0.1) is 10.9 Å². The third-order valence-electron chi connectivity index (χ3n) is 6.64. The molecule has 2 amide bonds. The minimum Gasteiger partial charge on any atom is -0.273 e. The van der Waals surface area contributed by atoms with Crippen LogP contribution in [0.4, 0.5) is 0 Å². The van der Waals surface area contributed by atoms with E-state index >= 15 is 0 Å². The Hall–Kier alpha value is -2.43. The molecular formula is C21H23N3O2. The van der Waals surface area contributed by atoms with Crippen molar-refractivity contribution >= 4 is 22.7 Å². The van der Waals surface area contributed by atoms with E-state index in [2.05, 4.69) is 15.8 Å². The van der Waals surface area contributed by atoms with Crippen LogP contribution in [0.2, 0.25) is 0 Å². The van der Waals surface area contributed by atoms with Gasteiger partial charge in [-0.05, 0) is 68.4 Å². The normalized spacial score (nSPS) is 31.8. The number of hydrazine groups is 1. The average Bonchev–Trinajstić information content (AvgIpc) is 2.64. The summed E-state index contributed by atoms with van der Waals surface area (Å²) in [6.45, 7) is 0. The Labute approximate surface area is 152 Å². The molecule has 2 N–H and O–H groups in total. The number of pyridine rings is 1. The Bertz CT molecular complexity index is 856. The van der Waals surface area contributed by atoms with Gasteiger partial charge >= 0.3 is 0 Å². The highest BCUT2D eigenvalue weighted by Crippen LogP contribution is 2.60. The molecular weight excluding hydrogens is 326 g/mol. The van der Waals surface area contributed by atoms with Crippen molar-refractivity contribution in [2.75, 3.05) is 0 Å². The molecule has 4 aliphatic carbocycles. The van der Waals surface area contributed by atoms with E-state index in [9.17, 15) is 9.59 Å². The molecule has 0 saturated heterocycles. The van der Waals surface area contributed by atoms with Crippen molar-refractivity contribution in [2.45, 2.75) is 38.5 Å². The van der Waals surface area contributed by atoms with Gasteiger partial charge in [0.15, 0.2) is 0 Å². The molecule has 4 fully saturated rings. The van der Waals surface area contributed by atoms with Crippen LogP contribution in [0.1, 0.15) is 49.0 Å². The smallest absolute Gasteiger partial charge is 0.273 e. The number of carbonyl (C=O) groups excluding carboxylic acids is 2. The third kappa shape index (κ3) is 2.57. The lowest BCUT2D eigenvalue weighted by molar-refractivity contribution is -0.147. The molecule has 5 nitrogen and oxygen atoms in total. The molecule has 6 rings (SSSR count). The molecule has 0 atom stereocenters. The molecule has 0 spiro atoms. The van der Waals surface area contributed by atoms with Crippen molar-refractivity contribution in [3.63, 3.8) is 0 Å². The molecule has 26 heavy (non-hydrogen) atoms. The van der Waals surface area contributed by atoms with Crippen molar-refractivity contribution in [3.05, 3.63) is 42.1 Å². The molecule has 5 heteroatoms. The molecule has 2 aromatic rings. The van der Waals surface area contributed by atoms with Gasteiger partial charge in [-0.25, -0.2) is 4.98 Å². The number of fused-ring (bicyclic) bond motifs is 1. The maximum Gasteiger partial charge on any atom is 0.288 e. The minimum atomic E-state index is -0.367. The highest BCUT2D eigenvalue weighted by atomic mass is 16.2. The number of amides is 2. The second kappa shape index (κ2) is 5.79. The van der Waals surface area contributed by atoms with E-state index in [0.29, 0.717) is 23.4 Å². The molecule has 1 aromatic heterocycles. The summed E-state index contributed by atoms with van der Waals surface area (Å²) in [6, 6.07) is 11.2. The number of aromatic nitrogens is 1. The van der Waals surface area contributed by atoms with Gasteiger partial charge in [-0.3, -0.25) is 20.4 Å². The molecule has 4 aliphatic rings. The summed E-state index contributed by atoms with van der Waals surface area (Å²) >= 11 is 0. The number of hydrogen-bond donors (Lipinski definition) is 2. The number of nitrogens with zero attached hydrogens (tertiary/aromatic N) is 1. The Balaban J connectivity index is 1.28. The van der Waals surface area contributed by atoms with Crippen LogP contribution < -0.4 is 10.9 Å². The van der Waals surface area contributed by atoms with Crippen LogP contribution in [0.5, 0.6) is 0 Å². The largest absolute Gasteiger partial charge is 0.288 e. The van der Waals surface area contributed by atoms with Crippen LogP contribution in [0.15, 0.2) is 36.4 Å². The lowest BCUT2D eigenvalue weighted by atomic mass is 9.49. The van der Waals surface area contributed by atoms with E-state index in [-0.39, 0.29) is 17.2 Å². The van der Waals surface area contributed by atoms with Crippen LogP contribution in [0, 0.1) is 23.2 Å². The van der Waals surface area contributed by atoms with Crippen molar-refractivity contribution in [3.8, 4) is 0 Å². The number of hydrogen-bond acceptors (Lipinski definition) is 3. The lowest BCUT2D eigenvalue weighted by Gasteiger charge is -2.55. The molecule has 0 radical (unpaired) electrons. The lowest BCUT2D eigenvalue weighted by Crippen LogP contribution is -2.56. The quantitative estimate of drug-likeness (QED) is 0.818. The SMILES string of the molecule is O=C(NNC(=O)C12CC3CC(CC(C3)C1)C2)c1ccc2ccccc2n1. The Morgan fingerprint density at radius 1 is 0.885 bits per heavy atom. The topological polar surface area (TPSA) is 71.1 Å². The van der Waals surface area contributed by atoms with Crippen LogP contribution >= 0.6 is 0 Å². The fourth-order valence-corrected chi connectivity index (χ4v) is 5.89. The van der Waals surface area contributed by atoms with E-state index in [1.54, 1.807) is 6.07 Å². The van der Waals surface area contributed by atoms with Gasteiger partial charge in [0.2, 0.25) is 5.91 Å². The van der Waals surface area contributed by atoms with Gasteiger partial charge in [-0.2, -0.15) is 0 Å². The zero-order chi connectivity index (χ0) is 17.7. The number of rotatable bonds is 2. The third-order valence-corrected chi connectivity index (χ3v) is 6.64. The zero-order valence-electron chi connectivity index (χ0n) is 14.7. The number of carbonyl (C=O) groups is 2. The highest BCUT2D eigenvalue weighted by Gasteiger charge is 2.54. The van der Waals surface area contributed by atoms with Crippen molar-refractivity contribution in [1.82, 2.24) is 15.8 Å². The zero-order valence-corrected chi connectivity index (χ0v) is 14.7. The predicted octanol–water partition coefficient (Wildman–Crippen LogP) is 3.21. The minimum absolute atomic E-state index is 0.00857. The van der Waals surface area contributed by atoms with Gasteiger partial charge in [-0.1, -0.05) is 24.3 Å². The van der Waals surface area contributed by atoms with E-state index < -0.39 is 0 Å². The van der Waals surface area contributed by atoms with E-state index in [4.69, 9.17) is 0 Å². The Kier molecular flexibility index (Phi) is 3.52. The van der Waals surface area contributed by atoms with Gasteiger partial charge < -0.3 is 0 Å². The average molecular weight is 349 g/mol. The van der Waals surface area contributed by atoms with Crippen LogP contribution in [0.3, 0.4) is 0 Å². The first-order valence-corrected chi connectivity index (χ1v) is 9.58. The fourth-order valence-electron chi connectivity index (χ4n) is 5.89. The Morgan fingerprint density at radius 3 is 2.23 bits per heavy atom. The second-order valence-corrected chi connectivity index (χ2v) is 8.50. The first-order valence-electron chi connectivity index (χ1n) is 9.58. The molecule has 0 aliphatic heterocycles. The summed E-state index contributed by atoms with van der Waals surface area (Å²) in [7, 11) is 0. The van der Waals surface area contributed by atoms with E-state index in [0.717, 1.165) is 30.2 Å². The standard InChI is InChI=1S/C21H23N3O2/c25-19(18-6-5-16-3-1-2-4-17(16)22-18)23-24-20(26)21-10-13-7-14(11-21)9-15(8-13)12-21/h1-6,13-15H,7-12H2,(H,23,25)(H,24,26). The van der Waals surface area contributed by atoms with E-state index in [1.807, 2.05) is 30.3 Å². The number of nitrogens with one attached hydrogen (secondary N) is 2. The molecule has 4 bridgehead atoms. The predicted molar refractivity (Wildman–Crippen MR) is 98.0 cm³/mol. The first-order chi connectivity index (χ1) is 12.6. The van der Waals surface area contributed by atoms with E-state index in [1.165, 1.54) is 19.3 Å². The van der Waals surface area contributed by atoms with Crippen LogP contribution in [0.25, 0.3) is 10.9 Å². The van der Waals surface area contributed by atoms with Crippen LogP contribution in [-0.4, -0.2) is 16.8 Å². The van der Waals surface area contributed by atoms with Gasteiger partial charge in [0.1, 0.15) is 5.69 Å². The number of benzene rings is 1. The van der Waals surface area contributed by atoms with Gasteiger partial charge in [0, 0.05) is 5.39 Å². The summed E-state index contributed by atoms with van der Waals surface area (Å²) in [5.74, 6) is 1.72.